The van der Waals surface area contributed by atoms with Crippen LogP contribution in [0, 0.1) is 0 Å². The number of phenols is 1. The second-order valence-corrected chi connectivity index (χ2v) is 8.70. The van der Waals surface area contributed by atoms with Crippen molar-refractivity contribution < 1.29 is 9.52 Å². The second-order valence-electron chi connectivity index (χ2n) is 8.70. The van der Waals surface area contributed by atoms with E-state index in [2.05, 4.69) is 10.1 Å². The number of benzene rings is 2. The maximum absolute atomic E-state index is 13.6. The number of aromatic hydroxyl groups is 1. The van der Waals surface area contributed by atoms with E-state index in [-0.39, 0.29) is 39.3 Å². The summed E-state index contributed by atoms with van der Waals surface area (Å²) in [6.45, 7) is 3.84. The fourth-order valence-corrected chi connectivity index (χ4v) is 4.71. The fourth-order valence-electron chi connectivity index (χ4n) is 4.71. The van der Waals surface area contributed by atoms with E-state index in [1.165, 1.54) is 10.6 Å². The monoisotopic (exact) mass is 456 g/mol. The highest BCUT2D eigenvalue weighted by Crippen LogP contribution is 2.39. The van der Waals surface area contributed by atoms with Crippen molar-refractivity contribution in [3.63, 3.8) is 0 Å². The molecule has 0 amide bonds. The SMILES string of the molecule is CC(C)n1[nH]c(=O)c2c(-c3cc4ccccc4n(C)c3=O)c3oc4c(O)c(=O)ccc4c3[nH]c21. The van der Waals surface area contributed by atoms with Crippen LogP contribution in [-0.2, 0) is 7.05 Å². The highest BCUT2D eigenvalue weighted by Gasteiger charge is 2.26. The number of aromatic nitrogens is 4. The van der Waals surface area contributed by atoms with Crippen LogP contribution in [0.2, 0.25) is 0 Å². The summed E-state index contributed by atoms with van der Waals surface area (Å²) in [5, 5.41) is 14.8. The Labute approximate surface area is 190 Å². The van der Waals surface area contributed by atoms with Crippen LogP contribution in [0.3, 0.4) is 0 Å². The highest BCUT2D eigenvalue weighted by atomic mass is 16.4. The molecule has 0 spiro atoms. The van der Waals surface area contributed by atoms with E-state index in [0.29, 0.717) is 22.1 Å². The number of hydrogen-bond acceptors (Lipinski definition) is 5. The lowest BCUT2D eigenvalue weighted by atomic mass is 10.0. The first kappa shape index (κ1) is 20.1. The summed E-state index contributed by atoms with van der Waals surface area (Å²) in [5.74, 6) is -0.523. The van der Waals surface area contributed by atoms with Crippen molar-refractivity contribution in [2.45, 2.75) is 19.9 Å². The van der Waals surface area contributed by atoms with Crippen molar-refractivity contribution in [2.24, 2.45) is 7.05 Å². The van der Waals surface area contributed by atoms with Gasteiger partial charge < -0.3 is 19.1 Å². The summed E-state index contributed by atoms with van der Waals surface area (Å²) >= 11 is 0. The quantitative estimate of drug-likeness (QED) is 0.366. The summed E-state index contributed by atoms with van der Waals surface area (Å²) in [6.07, 6.45) is 0. The summed E-state index contributed by atoms with van der Waals surface area (Å²) in [6, 6.07) is 11.9. The highest BCUT2D eigenvalue weighted by molar-refractivity contribution is 6.15. The van der Waals surface area contributed by atoms with Gasteiger partial charge in [0.1, 0.15) is 5.65 Å². The van der Waals surface area contributed by atoms with Crippen LogP contribution in [0.15, 0.2) is 61.3 Å². The number of phenolic OH excluding ortho intramolecular Hbond substituents is 1. The van der Waals surface area contributed by atoms with E-state index in [1.807, 2.05) is 38.1 Å². The molecule has 0 aliphatic carbocycles. The van der Waals surface area contributed by atoms with Crippen molar-refractivity contribution in [3.05, 3.63) is 73.4 Å². The van der Waals surface area contributed by atoms with E-state index in [4.69, 9.17) is 4.42 Å². The largest absolute Gasteiger partial charge is 0.502 e. The topological polar surface area (TPSA) is 126 Å². The predicted octanol–water partition coefficient (Wildman–Crippen LogP) is 3.72. The molecule has 0 bridgehead atoms. The Bertz CT molecular complexity index is 1980. The number of rotatable bonds is 2. The van der Waals surface area contributed by atoms with Crippen molar-refractivity contribution in [2.75, 3.05) is 0 Å². The van der Waals surface area contributed by atoms with E-state index in [0.717, 1.165) is 10.9 Å². The molecule has 0 unspecified atom stereocenters. The van der Waals surface area contributed by atoms with Crippen LogP contribution in [0.25, 0.3) is 55.1 Å². The molecule has 2 aromatic carbocycles. The van der Waals surface area contributed by atoms with Gasteiger partial charge in [-0.15, -0.1) is 0 Å². The average Bonchev–Trinajstić information content (AvgIpc) is 3.36. The Morgan fingerprint density at radius 2 is 1.79 bits per heavy atom. The number of aryl methyl sites for hydroxylation is 1. The van der Waals surface area contributed by atoms with Gasteiger partial charge in [0.05, 0.1) is 22.0 Å². The van der Waals surface area contributed by atoms with E-state index in [9.17, 15) is 19.5 Å². The van der Waals surface area contributed by atoms with Gasteiger partial charge in [0.2, 0.25) is 11.2 Å². The van der Waals surface area contributed by atoms with Gasteiger partial charge in [-0.1, -0.05) is 18.2 Å². The zero-order valence-corrected chi connectivity index (χ0v) is 18.6. The van der Waals surface area contributed by atoms with Crippen LogP contribution in [0.4, 0.5) is 0 Å². The van der Waals surface area contributed by atoms with Gasteiger partial charge in [-0.25, -0.2) is 0 Å². The number of aromatic amines is 2. The minimum absolute atomic E-state index is 0.00204. The molecule has 0 saturated carbocycles. The molecular formula is C25H20N4O5. The molecule has 0 saturated heterocycles. The summed E-state index contributed by atoms with van der Waals surface area (Å²) in [5.41, 5.74) is 1.21. The van der Waals surface area contributed by atoms with Gasteiger partial charge in [-0.2, -0.15) is 0 Å². The number of nitrogens with one attached hydrogen (secondary N) is 2. The maximum atomic E-state index is 13.6. The van der Waals surface area contributed by atoms with Gasteiger partial charge in [0.15, 0.2) is 11.2 Å². The summed E-state index contributed by atoms with van der Waals surface area (Å²) in [7, 11) is 1.68. The first-order valence-corrected chi connectivity index (χ1v) is 10.8. The predicted molar refractivity (Wildman–Crippen MR) is 131 cm³/mol. The molecule has 3 N–H and O–H groups in total. The first-order valence-electron chi connectivity index (χ1n) is 10.8. The van der Waals surface area contributed by atoms with Crippen LogP contribution in [-0.4, -0.2) is 24.4 Å². The minimum atomic E-state index is -0.580. The van der Waals surface area contributed by atoms with Gasteiger partial charge in [0, 0.05) is 24.0 Å². The zero-order chi connectivity index (χ0) is 23.9. The van der Waals surface area contributed by atoms with Crippen molar-refractivity contribution in [3.8, 4) is 16.9 Å². The number of pyridine rings is 2. The average molecular weight is 456 g/mol. The smallest absolute Gasteiger partial charge is 0.274 e. The molecule has 0 radical (unpaired) electrons. The molecule has 4 aromatic heterocycles. The number of fused-ring (bicyclic) bond motifs is 5. The normalized spacial score (nSPS) is 12.1. The van der Waals surface area contributed by atoms with E-state index in [1.54, 1.807) is 23.9 Å². The molecule has 170 valence electrons. The third-order valence-electron chi connectivity index (χ3n) is 6.36. The molecule has 9 nitrogen and oxygen atoms in total. The first-order chi connectivity index (χ1) is 16.3. The Morgan fingerprint density at radius 3 is 2.56 bits per heavy atom. The standard InChI is InChI=1S/C25H20N4O5/c1-11(2)29-23-18(24(32)27-29)17(14-10-12-6-4-5-7-15(12)28(3)25(14)33)22-19(26-23)13-8-9-16(30)20(31)21(13)34-22/h4-11,26,31H,1-3H3,(H,27,32). The van der Waals surface area contributed by atoms with Crippen LogP contribution in [0.5, 0.6) is 5.75 Å². The van der Waals surface area contributed by atoms with E-state index < -0.39 is 11.2 Å². The Kier molecular flexibility index (Phi) is 3.98. The zero-order valence-electron chi connectivity index (χ0n) is 18.6. The molecular weight excluding hydrogens is 436 g/mol. The molecule has 9 heteroatoms. The lowest BCUT2D eigenvalue weighted by molar-refractivity contribution is 0.464. The van der Waals surface area contributed by atoms with Crippen molar-refractivity contribution >= 4 is 44.0 Å². The molecule has 6 rings (SSSR count). The van der Waals surface area contributed by atoms with Gasteiger partial charge in [0.25, 0.3) is 11.1 Å². The van der Waals surface area contributed by atoms with Crippen molar-refractivity contribution in [1.82, 2.24) is 19.3 Å². The Balaban J connectivity index is 1.92. The molecule has 4 heterocycles. The van der Waals surface area contributed by atoms with Crippen molar-refractivity contribution in [1.29, 1.82) is 0 Å². The fraction of sp³-hybridized carbons (Fsp3) is 0.160. The van der Waals surface area contributed by atoms with Crippen LogP contribution < -0.4 is 16.5 Å². The summed E-state index contributed by atoms with van der Waals surface area (Å²) in [4.78, 5) is 42.0. The van der Waals surface area contributed by atoms with Gasteiger partial charge in [-0.3, -0.25) is 24.2 Å². The molecule has 0 atom stereocenters. The maximum Gasteiger partial charge on any atom is 0.274 e. The van der Waals surface area contributed by atoms with Crippen LogP contribution >= 0.6 is 0 Å². The van der Waals surface area contributed by atoms with Crippen LogP contribution in [0.1, 0.15) is 19.9 Å². The lowest BCUT2D eigenvalue weighted by Crippen LogP contribution is -2.19. The summed E-state index contributed by atoms with van der Waals surface area (Å²) < 4.78 is 9.22. The van der Waals surface area contributed by atoms with E-state index >= 15 is 0 Å². The Hall–Kier alpha value is -4.53. The number of hydrogen-bond donors (Lipinski definition) is 3. The van der Waals surface area contributed by atoms with Gasteiger partial charge >= 0.3 is 0 Å². The third kappa shape index (κ3) is 2.52. The van der Waals surface area contributed by atoms with Gasteiger partial charge in [-0.05, 0) is 43.5 Å². The molecule has 0 fully saturated rings. The Morgan fingerprint density at radius 1 is 1.03 bits per heavy atom. The number of furan rings is 1. The minimum Gasteiger partial charge on any atom is -0.502 e. The number of para-hydroxylation sites is 1. The third-order valence-corrected chi connectivity index (χ3v) is 6.36. The molecule has 6 aromatic rings. The number of H-pyrrole nitrogens is 2. The lowest BCUT2D eigenvalue weighted by Gasteiger charge is -2.12. The second kappa shape index (κ2) is 6.74. The molecule has 34 heavy (non-hydrogen) atoms. The molecule has 0 aliphatic rings. The molecule has 0 aliphatic heterocycles. The number of nitrogens with zero attached hydrogens (tertiary/aromatic N) is 2.